The van der Waals surface area contributed by atoms with Gasteiger partial charge in [0.2, 0.25) is 11.7 Å². The van der Waals surface area contributed by atoms with Crippen LogP contribution in [-0.4, -0.2) is 16.1 Å². The zero-order chi connectivity index (χ0) is 10.8. The van der Waals surface area contributed by atoms with Gasteiger partial charge in [-0.1, -0.05) is 6.07 Å². The Balaban J connectivity index is 2.41. The molecule has 0 unspecified atom stereocenters. The Bertz CT molecular complexity index is 505. The third kappa shape index (κ3) is 1.80. The molecule has 5 heteroatoms. The van der Waals surface area contributed by atoms with Crippen LogP contribution in [0.4, 0.5) is 5.69 Å². The lowest BCUT2D eigenvalue weighted by atomic mass is 10.2. The first-order valence-electron chi connectivity index (χ1n) is 4.22. The molecule has 3 N–H and O–H groups in total. The van der Waals surface area contributed by atoms with Crippen molar-refractivity contribution in [3.63, 3.8) is 0 Å². The molecule has 15 heavy (non-hydrogen) atoms. The quantitative estimate of drug-likeness (QED) is 0.725. The van der Waals surface area contributed by atoms with Crippen molar-refractivity contribution in [3.05, 3.63) is 36.2 Å². The van der Waals surface area contributed by atoms with Crippen LogP contribution in [0.25, 0.3) is 11.5 Å². The molecule has 0 saturated heterocycles. The Labute approximate surface area is 85.2 Å². The highest BCUT2D eigenvalue weighted by atomic mass is 16.4. The lowest BCUT2D eigenvalue weighted by Crippen LogP contribution is -1.91. The number of aromatic carboxylic acids is 1. The van der Waals surface area contributed by atoms with Gasteiger partial charge >= 0.3 is 5.97 Å². The van der Waals surface area contributed by atoms with E-state index in [1.807, 2.05) is 0 Å². The summed E-state index contributed by atoms with van der Waals surface area (Å²) in [5, 5.41) is 8.64. The lowest BCUT2D eigenvalue weighted by Gasteiger charge is -1.96. The Morgan fingerprint density at radius 3 is 2.87 bits per heavy atom. The molecule has 0 spiro atoms. The molecule has 0 fully saturated rings. The number of carboxylic acid groups (broad SMARTS) is 1. The number of nitrogens with zero attached hydrogens (tertiary/aromatic N) is 1. The number of benzene rings is 1. The number of hydrogen-bond acceptors (Lipinski definition) is 4. The number of oxazole rings is 1. The van der Waals surface area contributed by atoms with Crippen LogP contribution in [0, 0.1) is 0 Å². The highest BCUT2D eigenvalue weighted by molar-refractivity contribution is 5.84. The number of anilines is 1. The van der Waals surface area contributed by atoms with Crippen molar-refractivity contribution < 1.29 is 14.3 Å². The van der Waals surface area contributed by atoms with Crippen LogP contribution in [0.15, 0.2) is 34.9 Å². The molecular weight excluding hydrogens is 196 g/mol. The summed E-state index contributed by atoms with van der Waals surface area (Å²) in [4.78, 5) is 14.4. The first-order valence-corrected chi connectivity index (χ1v) is 4.22. The minimum absolute atomic E-state index is 0.188. The molecule has 0 bridgehead atoms. The molecule has 1 aromatic carbocycles. The van der Waals surface area contributed by atoms with Crippen molar-refractivity contribution in [2.24, 2.45) is 0 Å². The number of hydrogen-bond donors (Lipinski definition) is 2. The monoisotopic (exact) mass is 204 g/mol. The van der Waals surface area contributed by atoms with E-state index in [9.17, 15) is 4.79 Å². The predicted octanol–water partition coefficient (Wildman–Crippen LogP) is 1.62. The van der Waals surface area contributed by atoms with Gasteiger partial charge in [0.25, 0.3) is 0 Å². The number of nitrogens with two attached hydrogens (primary N) is 1. The van der Waals surface area contributed by atoms with Gasteiger partial charge in [-0.3, -0.25) is 0 Å². The van der Waals surface area contributed by atoms with E-state index in [2.05, 4.69) is 4.98 Å². The minimum Gasteiger partial charge on any atom is -0.475 e. The van der Waals surface area contributed by atoms with Gasteiger partial charge in [0.05, 0.1) is 6.20 Å². The summed E-state index contributed by atoms with van der Waals surface area (Å²) in [6, 6.07) is 6.88. The molecule has 5 nitrogen and oxygen atoms in total. The van der Waals surface area contributed by atoms with E-state index in [1.54, 1.807) is 24.3 Å². The van der Waals surface area contributed by atoms with Gasteiger partial charge in [0.15, 0.2) is 0 Å². The summed E-state index contributed by atoms with van der Waals surface area (Å²) in [5.74, 6) is -1.08. The summed E-state index contributed by atoms with van der Waals surface area (Å²) in [7, 11) is 0. The van der Waals surface area contributed by atoms with Crippen molar-refractivity contribution in [1.82, 2.24) is 4.98 Å². The van der Waals surface area contributed by atoms with Gasteiger partial charge in [0, 0.05) is 11.3 Å². The van der Waals surface area contributed by atoms with Crippen molar-refractivity contribution in [2.45, 2.75) is 0 Å². The first kappa shape index (κ1) is 9.26. The van der Waals surface area contributed by atoms with Crippen molar-refractivity contribution >= 4 is 11.7 Å². The van der Waals surface area contributed by atoms with E-state index >= 15 is 0 Å². The Kier molecular flexibility index (Phi) is 2.13. The van der Waals surface area contributed by atoms with E-state index < -0.39 is 5.97 Å². The van der Waals surface area contributed by atoms with Crippen molar-refractivity contribution in [2.75, 3.05) is 5.73 Å². The summed E-state index contributed by atoms with van der Waals surface area (Å²) in [6.45, 7) is 0. The fourth-order valence-corrected chi connectivity index (χ4v) is 1.18. The van der Waals surface area contributed by atoms with Crippen LogP contribution >= 0.6 is 0 Å². The highest BCUT2D eigenvalue weighted by Gasteiger charge is 2.11. The number of rotatable bonds is 2. The molecule has 1 heterocycles. The van der Waals surface area contributed by atoms with Crippen molar-refractivity contribution in [3.8, 4) is 11.5 Å². The Morgan fingerprint density at radius 2 is 2.27 bits per heavy atom. The maximum Gasteiger partial charge on any atom is 0.373 e. The molecule has 0 atom stereocenters. The van der Waals surface area contributed by atoms with Crippen LogP contribution in [0.1, 0.15) is 10.6 Å². The number of carboxylic acids is 1. The second-order valence-electron chi connectivity index (χ2n) is 2.96. The fourth-order valence-electron chi connectivity index (χ4n) is 1.18. The molecule has 76 valence electrons. The van der Waals surface area contributed by atoms with Gasteiger partial charge in [-0.15, -0.1) is 0 Å². The molecule has 2 rings (SSSR count). The largest absolute Gasteiger partial charge is 0.475 e. The first-order chi connectivity index (χ1) is 7.16. The summed E-state index contributed by atoms with van der Waals surface area (Å²) in [5.41, 5.74) is 6.80. The lowest BCUT2D eigenvalue weighted by molar-refractivity contribution is 0.0663. The molecule has 0 radical (unpaired) electrons. The minimum atomic E-state index is -1.14. The second kappa shape index (κ2) is 3.45. The predicted molar refractivity (Wildman–Crippen MR) is 53.3 cm³/mol. The zero-order valence-corrected chi connectivity index (χ0v) is 7.68. The van der Waals surface area contributed by atoms with Gasteiger partial charge in [-0.05, 0) is 18.2 Å². The summed E-state index contributed by atoms with van der Waals surface area (Å²) in [6.07, 6.45) is 1.17. The third-order valence-electron chi connectivity index (χ3n) is 1.85. The maximum atomic E-state index is 10.6. The maximum absolute atomic E-state index is 10.6. The van der Waals surface area contributed by atoms with E-state index in [0.717, 1.165) is 0 Å². The molecular formula is C10H8N2O3. The van der Waals surface area contributed by atoms with Gasteiger partial charge < -0.3 is 15.3 Å². The van der Waals surface area contributed by atoms with Gasteiger partial charge in [-0.25, -0.2) is 9.78 Å². The van der Waals surface area contributed by atoms with E-state index in [-0.39, 0.29) is 11.7 Å². The van der Waals surface area contributed by atoms with Crippen LogP contribution in [0.5, 0.6) is 0 Å². The number of carbonyl (C=O) groups is 1. The topological polar surface area (TPSA) is 89.3 Å². The van der Waals surface area contributed by atoms with Crippen LogP contribution in [0.2, 0.25) is 0 Å². The second-order valence-corrected chi connectivity index (χ2v) is 2.96. The summed E-state index contributed by atoms with van der Waals surface area (Å²) >= 11 is 0. The molecule has 0 amide bonds. The normalized spacial score (nSPS) is 10.1. The van der Waals surface area contributed by atoms with E-state index in [1.165, 1.54) is 6.20 Å². The average molecular weight is 204 g/mol. The Hall–Kier alpha value is -2.30. The number of aromatic nitrogens is 1. The molecule has 0 aliphatic heterocycles. The van der Waals surface area contributed by atoms with Gasteiger partial charge in [-0.2, -0.15) is 0 Å². The SMILES string of the molecule is Nc1cccc(-c2ncc(C(=O)O)o2)c1. The van der Waals surface area contributed by atoms with Crippen molar-refractivity contribution in [1.29, 1.82) is 0 Å². The van der Waals surface area contributed by atoms with E-state index in [4.69, 9.17) is 15.3 Å². The molecule has 0 saturated carbocycles. The molecule has 0 aliphatic carbocycles. The highest BCUT2D eigenvalue weighted by Crippen LogP contribution is 2.20. The Morgan fingerprint density at radius 1 is 1.47 bits per heavy atom. The number of nitrogen functional groups attached to an aromatic ring is 1. The van der Waals surface area contributed by atoms with Crippen LogP contribution < -0.4 is 5.73 Å². The average Bonchev–Trinajstić information content (AvgIpc) is 2.66. The molecule has 1 aromatic heterocycles. The standard InChI is InChI=1S/C10H8N2O3/c11-7-3-1-2-6(4-7)9-12-5-8(15-9)10(13)14/h1-5H,11H2,(H,13,14). The van der Waals surface area contributed by atoms with Crippen LogP contribution in [0.3, 0.4) is 0 Å². The zero-order valence-electron chi connectivity index (χ0n) is 7.68. The molecule has 2 aromatic rings. The smallest absolute Gasteiger partial charge is 0.373 e. The fraction of sp³-hybridized carbons (Fsp3) is 0. The third-order valence-corrected chi connectivity index (χ3v) is 1.85. The van der Waals surface area contributed by atoms with Gasteiger partial charge in [0.1, 0.15) is 0 Å². The molecule has 0 aliphatic rings. The summed E-state index contributed by atoms with van der Waals surface area (Å²) < 4.78 is 5.02. The van der Waals surface area contributed by atoms with E-state index in [0.29, 0.717) is 11.3 Å². The van der Waals surface area contributed by atoms with Crippen LogP contribution in [-0.2, 0) is 0 Å².